The number of nitrogens with zero attached hydrogens (tertiary/aromatic N) is 1. The lowest BCUT2D eigenvalue weighted by Gasteiger charge is -2.09. The number of hydrazone groups is 1. The van der Waals surface area contributed by atoms with Gasteiger partial charge in [-0.2, -0.15) is 5.10 Å². The van der Waals surface area contributed by atoms with Crippen molar-refractivity contribution < 1.29 is 14.3 Å². The molecule has 3 rings (SSSR count). The van der Waals surface area contributed by atoms with E-state index in [9.17, 15) is 4.79 Å². The van der Waals surface area contributed by atoms with Crippen molar-refractivity contribution in [1.29, 1.82) is 0 Å². The zero-order chi connectivity index (χ0) is 19.8. The number of rotatable bonds is 7. The molecule has 0 bridgehead atoms. The Hall–Kier alpha value is -3.12. The SMILES string of the molecule is COc1cccc(C(=O)N/N=C\c2ccc(OCc3ccccc3)c(Br)c2)c1. The van der Waals surface area contributed by atoms with Crippen LogP contribution in [0.3, 0.4) is 0 Å². The molecule has 0 heterocycles. The molecule has 28 heavy (non-hydrogen) atoms. The van der Waals surface area contributed by atoms with Crippen LogP contribution in [-0.4, -0.2) is 19.2 Å². The van der Waals surface area contributed by atoms with Crippen LogP contribution >= 0.6 is 15.9 Å². The summed E-state index contributed by atoms with van der Waals surface area (Å²) in [5, 5.41) is 4.01. The summed E-state index contributed by atoms with van der Waals surface area (Å²) in [6.45, 7) is 0.490. The van der Waals surface area contributed by atoms with Crippen LogP contribution in [-0.2, 0) is 6.61 Å². The fraction of sp³-hybridized carbons (Fsp3) is 0.0909. The van der Waals surface area contributed by atoms with Gasteiger partial charge in [-0.25, -0.2) is 5.43 Å². The van der Waals surface area contributed by atoms with Gasteiger partial charge in [-0.05, 0) is 63.5 Å². The Morgan fingerprint density at radius 3 is 2.64 bits per heavy atom. The normalized spacial score (nSPS) is 10.6. The molecule has 0 atom stereocenters. The van der Waals surface area contributed by atoms with Crippen molar-refractivity contribution in [2.24, 2.45) is 5.10 Å². The summed E-state index contributed by atoms with van der Waals surface area (Å²) < 4.78 is 11.8. The van der Waals surface area contributed by atoms with E-state index >= 15 is 0 Å². The molecule has 0 aliphatic rings. The number of ether oxygens (including phenoxy) is 2. The van der Waals surface area contributed by atoms with Crippen molar-refractivity contribution in [3.05, 3.63) is 94.0 Å². The summed E-state index contributed by atoms with van der Waals surface area (Å²) in [5.41, 5.74) is 4.90. The highest BCUT2D eigenvalue weighted by molar-refractivity contribution is 9.10. The van der Waals surface area contributed by atoms with Gasteiger partial charge >= 0.3 is 0 Å². The Morgan fingerprint density at radius 1 is 1.07 bits per heavy atom. The number of hydrogen-bond acceptors (Lipinski definition) is 4. The van der Waals surface area contributed by atoms with Gasteiger partial charge in [-0.1, -0.05) is 36.4 Å². The lowest BCUT2D eigenvalue weighted by molar-refractivity contribution is 0.0955. The van der Waals surface area contributed by atoms with E-state index in [4.69, 9.17) is 9.47 Å². The van der Waals surface area contributed by atoms with Crippen LogP contribution in [0.25, 0.3) is 0 Å². The lowest BCUT2D eigenvalue weighted by Crippen LogP contribution is -2.17. The first-order chi connectivity index (χ1) is 13.7. The van der Waals surface area contributed by atoms with E-state index < -0.39 is 0 Å². The number of halogens is 1. The van der Waals surface area contributed by atoms with E-state index in [2.05, 4.69) is 26.5 Å². The molecule has 0 aromatic heterocycles. The summed E-state index contributed by atoms with van der Waals surface area (Å²) in [7, 11) is 1.56. The highest BCUT2D eigenvalue weighted by Crippen LogP contribution is 2.26. The number of nitrogens with one attached hydrogen (secondary N) is 1. The molecular formula is C22H19BrN2O3. The molecule has 6 heteroatoms. The molecule has 1 N–H and O–H groups in total. The first-order valence-corrected chi connectivity index (χ1v) is 9.39. The predicted molar refractivity (Wildman–Crippen MR) is 113 cm³/mol. The second-order valence-electron chi connectivity index (χ2n) is 5.90. The van der Waals surface area contributed by atoms with Gasteiger partial charge in [0, 0.05) is 5.56 Å². The number of hydrogen-bond donors (Lipinski definition) is 1. The second-order valence-corrected chi connectivity index (χ2v) is 6.75. The van der Waals surface area contributed by atoms with Crippen LogP contribution < -0.4 is 14.9 Å². The fourth-order valence-corrected chi connectivity index (χ4v) is 2.96. The molecule has 0 saturated heterocycles. The first kappa shape index (κ1) is 19.6. The molecule has 0 aliphatic heterocycles. The van der Waals surface area contributed by atoms with Gasteiger partial charge in [0.1, 0.15) is 18.1 Å². The minimum atomic E-state index is -0.308. The summed E-state index contributed by atoms with van der Waals surface area (Å²) in [5.74, 6) is 1.05. The summed E-state index contributed by atoms with van der Waals surface area (Å²) >= 11 is 3.51. The van der Waals surface area contributed by atoms with Crippen LogP contribution in [0.5, 0.6) is 11.5 Å². The summed E-state index contributed by atoms with van der Waals surface area (Å²) in [6.07, 6.45) is 1.57. The minimum Gasteiger partial charge on any atom is -0.497 e. The molecule has 1 amide bonds. The fourth-order valence-electron chi connectivity index (χ4n) is 2.44. The van der Waals surface area contributed by atoms with Crippen LogP contribution in [0.1, 0.15) is 21.5 Å². The van der Waals surface area contributed by atoms with E-state index in [1.807, 2.05) is 48.5 Å². The third-order valence-electron chi connectivity index (χ3n) is 3.90. The van der Waals surface area contributed by atoms with Gasteiger partial charge in [-0.3, -0.25) is 4.79 Å². The van der Waals surface area contributed by atoms with Crippen molar-refractivity contribution in [3.8, 4) is 11.5 Å². The van der Waals surface area contributed by atoms with Crippen LogP contribution in [0.15, 0.2) is 82.4 Å². The maximum Gasteiger partial charge on any atom is 0.271 e. The van der Waals surface area contributed by atoms with Crippen molar-refractivity contribution in [2.45, 2.75) is 6.61 Å². The van der Waals surface area contributed by atoms with Gasteiger partial charge in [0.2, 0.25) is 0 Å². The van der Waals surface area contributed by atoms with Gasteiger partial charge in [0.05, 0.1) is 17.8 Å². The van der Waals surface area contributed by atoms with Crippen molar-refractivity contribution in [2.75, 3.05) is 7.11 Å². The van der Waals surface area contributed by atoms with E-state index in [-0.39, 0.29) is 5.91 Å². The molecule has 0 aliphatic carbocycles. The molecule has 3 aromatic carbocycles. The highest BCUT2D eigenvalue weighted by atomic mass is 79.9. The van der Waals surface area contributed by atoms with E-state index in [1.54, 1.807) is 37.6 Å². The smallest absolute Gasteiger partial charge is 0.271 e. The van der Waals surface area contributed by atoms with Crippen LogP contribution in [0.4, 0.5) is 0 Å². The topological polar surface area (TPSA) is 59.9 Å². The molecule has 0 spiro atoms. The quantitative estimate of drug-likeness (QED) is 0.425. The molecule has 0 fully saturated rings. The monoisotopic (exact) mass is 438 g/mol. The Bertz CT molecular complexity index is 975. The molecule has 3 aromatic rings. The second kappa shape index (κ2) is 9.71. The Kier molecular flexibility index (Phi) is 6.81. The third-order valence-corrected chi connectivity index (χ3v) is 4.52. The first-order valence-electron chi connectivity index (χ1n) is 8.59. The van der Waals surface area contributed by atoms with E-state index in [0.717, 1.165) is 21.3 Å². The van der Waals surface area contributed by atoms with Crippen LogP contribution in [0, 0.1) is 0 Å². The summed E-state index contributed by atoms with van der Waals surface area (Å²) in [4.78, 5) is 12.1. The zero-order valence-corrected chi connectivity index (χ0v) is 16.8. The average Bonchev–Trinajstić information content (AvgIpc) is 2.74. The van der Waals surface area contributed by atoms with Crippen molar-refractivity contribution in [1.82, 2.24) is 5.43 Å². The molecule has 0 radical (unpaired) electrons. The van der Waals surface area contributed by atoms with Gasteiger partial charge < -0.3 is 9.47 Å². The average molecular weight is 439 g/mol. The molecule has 0 unspecified atom stereocenters. The molecule has 0 saturated carbocycles. The standard InChI is InChI=1S/C22H19BrN2O3/c1-27-19-9-5-8-18(13-19)22(26)25-24-14-17-10-11-21(20(23)12-17)28-15-16-6-3-2-4-7-16/h2-14H,15H2,1H3,(H,25,26)/b24-14-. The maximum absolute atomic E-state index is 12.1. The van der Waals surface area contributed by atoms with E-state index in [0.29, 0.717) is 17.9 Å². The number of carbonyl (C=O) groups excluding carboxylic acids is 1. The van der Waals surface area contributed by atoms with Crippen LogP contribution in [0.2, 0.25) is 0 Å². The number of amides is 1. The predicted octanol–water partition coefficient (Wildman–Crippen LogP) is 4.80. The Morgan fingerprint density at radius 2 is 1.89 bits per heavy atom. The summed E-state index contributed by atoms with van der Waals surface area (Å²) in [6, 6.07) is 22.4. The largest absolute Gasteiger partial charge is 0.497 e. The van der Waals surface area contributed by atoms with Crippen molar-refractivity contribution >= 4 is 28.1 Å². The molecule has 142 valence electrons. The van der Waals surface area contributed by atoms with E-state index in [1.165, 1.54) is 0 Å². The molecule has 5 nitrogen and oxygen atoms in total. The number of benzene rings is 3. The minimum absolute atomic E-state index is 0.308. The Balaban J connectivity index is 1.58. The zero-order valence-electron chi connectivity index (χ0n) is 15.3. The van der Waals surface area contributed by atoms with Crippen molar-refractivity contribution in [3.63, 3.8) is 0 Å². The number of carbonyl (C=O) groups is 1. The number of methoxy groups -OCH3 is 1. The lowest BCUT2D eigenvalue weighted by atomic mass is 10.2. The third kappa shape index (κ3) is 5.44. The van der Waals surface area contributed by atoms with Gasteiger partial charge in [-0.15, -0.1) is 0 Å². The highest BCUT2D eigenvalue weighted by Gasteiger charge is 2.06. The molecular weight excluding hydrogens is 420 g/mol. The van der Waals surface area contributed by atoms with Gasteiger partial charge in [0.15, 0.2) is 0 Å². The maximum atomic E-state index is 12.1. The van der Waals surface area contributed by atoms with Gasteiger partial charge in [0.25, 0.3) is 5.91 Å². The Labute approximate surface area is 172 Å².